The number of amides is 4. The molecule has 6 rings (SSSR count). The van der Waals surface area contributed by atoms with E-state index in [1.54, 1.807) is 4.90 Å². The molecule has 0 bridgehead atoms. The number of fused-ring (bicyclic) bond motifs is 1. The number of hydrogen-bond acceptors (Lipinski definition) is 6. The molecular weight excluding hydrogens is 656 g/mol. The maximum Gasteiger partial charge on any atom is 0.407 e. The predicted molar refractivity (Wildman–Crippen MR) is 199 cm³/mol. The minimum absolute atomic E-state index is 0.165. The molecule has 0 spiro atoms. The Hall–Kier alpha value is -6.00. The van der Waals surface area contributed by atoms with Crippen molar-refractivity contribution in [2.75, 3.05) is 11.9 Å². The van der Waals surface area contributed by atoms with Gasteiger partial charge in [-0.15, -0.1) is 0 Å². The highest BCUT2D eigenvalue weighted by atomic mass is 16.6. The second kappa shape index (κ2) is 17.8. The Morgan fingerprint density at radius 1 is 0.673 bits per heavy atom. The fourth-order valence-corrected chi connectivity index (χ4v) is 6.01. The summed E-state index contributed by atoms with van der Waals surface area (Å²) < 4.78 is 11.0. The van der Waals surface area contributed by atoms with Gasteiger partial charge in [-0.25, -0.2) is 4.79 Å². The third-order valence-corrected chi connectivity index (χ3v) is 8.82. The van der Waals surface area contributed by atoms with Crippen LogP contribution in [0.5, 0.6) is 0 Å². The summed E-state index contributed by atoms with van der Waals surface area (Å²) in [4.78, 5) is 54.9. The summed E-state index contributed by atoms with van der Waals surface area (Å²) in [5.41, 5.74) is 3.42. The van der Waals surface area contributed by atoms with E-state index in [0.717, 1.165) is 27.5 Å². The Morgan fingerprint density at radius 2 is 1.27 bits per heavy atom. The van der Waals surface area contributed by atoms with Gasteiger partial charge >= 0.3 is 6.09 Å². The first-order valence-electron chi connectivity index (χ1n) is 17.5. The molecule has 5 aromatic carbocycles. The van der Waals surface area contributed by atoms with Crippen LogP contribution in [-0.4, -0.2) is 53.5 Å². The van der Waals surface area contributed by atoms with Crippen molar-refractivity contribution in [3.05, 3.63) is 150 Å². The topological polar surface area (TPSA) is 129 Å². The van der Waals surface area contributed by atoms with E-state index < -0.39 is 36.2 Å². The number of rotatable bonds is 16. The van der Waals surface area contributed by atoms with Crippen LogP contribution >= 0.6 is 0 Å². The summed E-state index contributed by atoms with van der Waals surface area (Å²) in [6.07, 6.45) is -1.15. The van der Waals surface area contributed by atoms with Crippen LogP contribution in [0.1, 0.15) is 36.0 Å². The molecule has 4 amide bonds. The number of anilines is 1. The zero-order valence-electron chi connectivity index (χ0n) is 28.8. The van der Waals surface area contributed by atoms with Crippen molar-refractivity contribution < 1.29 is 28.7 Å². The van der Waals surface area contributed by atoms with Crippen LogP contribution in [0.15, 0.2) is 133 Å². The molecule has 10 nitrogen and oxygen atoms in total. The van der Waals surface area contributed by atoms with Crippen molar-refractivity contribution in [2.45, 2.75) is 57.2 Å². The molecule has 10 heteroatoms. The number of ether oxygens (including phenoxy) is 2. The zero-order chi connectivity index (χ0) is 36.1. The van der Waals surface area contributed by atoms with Gasteiger partial charge in [0.2, 0.25) is 5.91 Å². The van der Waals surface area contributed by atoms with Gasteiger partial charge in [0.25, 0.3) is 11.8 Å². The molecule has 1 fully saturated rings. The number of nitrogens with zero attached hydrogens (tertiary/aromatic N) is 1. The Bertz CT molecular complexity index is 1910. The van der Waals surface area contributed by atoms with Crippen LogP contribution in [0.2, 0.25) is 0 Å². The summed E-state index contributed by atoms with van der Waals surface area (Å²) >= 11 is 0. The largest absolute Gasteiger partial charge is 0.445 e. The van der Waals surface area contributed by atoms with E-state index in [2.05, 4.69) is 16.0 Å². The summed E-state index contributed by atoms with van der Waals surface area (Å²) in [6.45, 7) is 1.21. The van der Waals surface area contributed by atoms with Gasteiger partial charge in [-0.3, -0.25) is 14.4 Å². The van der Waals surface area contributed by atoms with Crippen LogP contribution in [-0.2, 0) is 43.6 Å². The Kier molecular flexibility index (Phi) is 12.2. The summed E-state index contributed by atoms with van der Waals surface area (Å²) in [6, 6.07) is 41.1. The van der Waals surface area contributed by atoms with E-state index in [1.165, 1.54) is 0 Å². The minimum atomic E-state index is -1.02. The number of benzene rings is 5. The lowest BCUT2D eigenvalue weighted by Gasteiger charge is -2.22. The average Bonchev–Trinajstić information content (AvgIpc) is 3.99. The first kappa shape index (κ1) is 35.8. The zero-order valence-corrected chi connectivity index (χ0v) is 28.8. The van der Waals surface area contributed by atoms with Crippen molar-refractivity contribution in [1.29, 1.82) is 0 Å². The normalized spacial score (nSPS) is 15.2. The number of carbonyl (C=O) groups excluding carboxylic acids is 4. The standard InChI is InChI=1S/C42H42N4O6/c47-39(44-35-25-14-22-33-21-10-11-23-34(33)35)36(24-12-13-26-43-42(50)51-29-32-19-8-3-9-20-32)45-40(48)37-38(52-37)41(49)46(27-30-15-4-1-5-16-30)28-31-17-6-2-7-18-31/h1-11,14-23,25,36-38H,12-13,24,26-29H2,(H,43,50)(H,44,47)(H,45,48)/t36-,37-,38-/m0/s1. The first-order chi connectivity index (χ1) is 25.4. The molecule has 0 aliphatic carbocycles. The van der Waals surface area contributed by atoms with Crippen LogP contribution < -0.4 is 16.0 Å². The predicted octanol–water partition coefficient (Wildman–Crippen LogP) is 6.36. The second-order valence-corrected chi connectivity index (χ2v) is 12.7. The van der Waals surface area contributed by atoms with E-state index in [4.69, 9.17) is 9.47 Å². The minimum Gasteiger partial charge on any atom is -0.445 e. The molecule has 0 unspecified atom stereocenters. The molecule has 52 heavy (non-hydrogen) atoms. The van der Waals surface area contributed by atoms with Crippen LogP contribution in [0.25, 0.3) is 10.8 Å². The third kappa shape index (κ3) is 10.0. The van der Waals surface area contributed by atoms with E-state index in [1.807, 2.05) is 133 Å². The van der Waals surface area contributed by atoms with E-state index in [0.29, 0.717) is 44.6 Å². The second-order valence-electron chi connectivity index (χ2n) is 12.7. The lowest BCUT2D eigenvalue weighted by Crippen LogP contribution is -2.46. The summed E-state index contributed by atoms with van der Waals surface area (Å²) in [7, 11) is 0. The van der Waals surface area contributed by atoms with Crippen LogP contribution in [0.3, 0.4) is 0 Å². The molecule has 0 aromatic heterocycles. The fraction of sp³-hybridized carbons (Fsp3) is 0.238. The monoisotopic (exact) mass is 698 g/mol. The molecule has 1 aliphatic heterocycles. The van der Waals surface area contributed by atoms with Crippen molar-refractivity contribution in [3.8, 4) is 0 Å². The van der Waals surface area contributed by atoms with Crippen LogP contribution in [0, 0.1) is 0 Å². The average molecular weight is 699 g/mol. The van der Waals surface area contributed by atoms with Crippen LogP contribution in [0.4, 0.5) is 10.5 Å². The highest BCUT2D eigenvalue weighted by Gasteiger charge is 2.52. The Morgan fingerprint density at radius 3 is 1.94 bits per heavy atom. The van der Waals surface area contributed by atoms with Gasteiger partial charge in [0.1, 0.15) is 12.6 Å². The van der Waals surface area contributed by atoms with Crippen molar-refractivity contribution >= 4 is 40.3 Å². The van der Waals surface area contributed by atoms with Gasteiger partial charge in [-0.05, 0) is 47.4 Å². The van der Waals surface area contributed by atoms with Crippen molar-refractivity contribution in [2.24, 2.45) is 0 Å². The maximum absolute atomic E-state index is 13.7. The number of hydrogen-bond donors (Lipinski definition) is 3. The lowest BCUT2D eigenvalue weighted by atomic mass is 10.1. The van der Waals surface area contributed by atoms with Crippen molar-refractivity contribution in [1.82, 2.24) is 15.5 Å². The van der Waals surface area contributed by atoms with Gasteiger partial charge < -0.3 is 30.3 Å². The van der Waals surface area contributed by atoms with Crippen molar-refractivity contribution in [3.63, 3.8) is 0 Å². The number of carbonyl (C=O) groups is 4. The highest BCUT2D eigenvalue weighted by Crippen LogP contribution is 2.27. The summed E-state index contributed by atoms with van der Waals surface area (Å²) in [5, 5.41) is 10.4. The molecule has 3 atom stereocenters. The third-order valence-electron chi connectivity index (χ3n) is 8.82. The molecule has 1 saturated heterocycles. The molecule has 3 N–H and O–H groups in total. The lowest BCUT2D eigenvalue weighted by molar-refractivity contribution is -0.134. The SMILES string of the molecule is O=C(NCCCC[C@H](NC(=O)[C@H]1O[C@@H]1C(=O)N(Cc1ccccc1)Cc1ccccc1)C(=O)Nc1cccc2ccccc12)OCc1ccccc1. The van der Waals surface area contributed by atoms with E-state index in [-0.39, 0.29) is 12.5 Å². The number of nitrogens with one attached hydrogen (secondary N) is 3. The fourth-order valence-electron chi connectivity index (χ4n) is 6.01. The molecule has 0 saturated carbocycles. The number of alkyl carbamates (subject to hydrolysis) is 1. The smallest absolute Gasteiger partial charge is 0.407 e. The summed E-state index contributed by atoms with van der Waals surface area (Å²) in [5.74, 6) is -1.22. The first-order valence-corrected chi connectivity index (χ1v) is 17.5. The molecule has 5 aromatic rings. The molecule has 1 heterocycles. The molecule has 0 radical (unpaired) electrons. The molecular formula is C42H42N4O6. The van der Waals surface area contributed by atoms with Gasteiger partial charge in [-0.2, -0.15) is 0 Å². The van der Waals surface area contributed by atoms with E-state index in [9.17, 15) is 19.2 Å². The molecule has 1 aliphatic rings. The van der Waals surface area contributed by atoms with Gasteiger partial charge in [0.15, 0.2) is 12.2 Å². The van der Waals surface area contributed by atoms with E-state index >= 15 is 0 Å². The number of epoxide rings is 1. The van der Waals surface area contributed by atoms with Gasteiger partial charge in [-0.1, -0.05) is 127 Å². The Labute approximate surface area is 303 Å². The molecule has 266 valence electrons. The quantitative estimate of drug-likeness (QED) is 0.0813. The maximum atomic E-state index is 13.7. The van der Waals surface area contributed by atoms with Gasteiger partial charge in [0, 0.05) is 30.7 Å². The Balaban J connectivity index is 1.07. The number of unbranched alkanes of at least 4 members (excludes halogenated alkanes) is 1. The van der Waals surface area contributed by atoms with Gasteiger partial charge in [0.05, 0.1) is 0 Å². The highest BCUT2D eigenvalue weighted by molar-refractivity contribution is 6.05.